The molecular formula is C23H27F3N4O. The number of hydrogen-bond acceptors (Lipinski definition) is 4. The number of alkyl halides is 3. The highest BCUT2D eigenvalue weighted by Crippen LogP contribution is 2.33. The molecule has 166 valence electrons. The van der Waals surface area contributed by atoms with E-state index in [4.69, 9.17) is 0 Å². The van der Waals surface area contributed by atoms with Crippen LogP contribution in [0.3, 0.4) is 0 Å². The largest absolute Gasteiger partial charge is 0.472 e. The van der Waals surface area contributed by atoms with Gasteiger partial charge in [0.05, 0.1) is 5.69 Å². The molecule has 2 aliphatic rings. The number of anilines is 3. The lowest BCUT2D eigenvalue weighted by molar-refractivity contribution is -0.169. The Labute approximate surface area is 180 Å². The van der Waals surface area contributed by atoms with Gasteiger partial charge in [0.25, 0.3) is 0 Å². The third-order valence-electron chi connectivity index (χ3n) is 6.21. The maximum absolute atomic E-state index is 13.2. The fourth-order valence-corrected chi connectivity index (χ4v) is 4.59. The van der Waals surface area contributed by atoms with E-state index in [1.54, 1.807) is 24.3 Å². The fraction of sp³-hybridized carbons (Fsp3) is 0.478. The van der Waals surface area contributed by atoms with Crippen molar-refractivity contribution in [2.75, 3.05) is 36.0 Å². The number of amides is 1. The van der Waals surface area contributed by atoms with Gasteiger partial charge in [-0.3, -0.25) is 14.7 Å². The summed E-state index contributed by atoms with van der Waals surface area (Å²) in [5.41, 5.74) is 1.28. The molecule has 2 saturated heterocycles. The molecule has 0 bridgehead atoms. The lowest BCUT2D eigenvalue weighted by Crippen LogP contribution is -2.46. The number of benzene rings is 1. The number of carbonyl (C=O) groups is 1. The van der Waals surface area contributed by atoms with Gasteiger partial charge in [0.1, 0.15) is 0 Å². The summed E-state index contributed by atoms with van der Waals surface area (Å²) in [4.78, 5) is 21.5. The molecule has 0 atom stereocenters. The number of halogens is 3. The van der Waals surface area contributed by atoms with E-state index in [1.165, 1.54) is 56.9 Å². The summed E-state index contributed by atoms with van der Waals surface area (Å²) in [7, 11) is 0. The summed E-state index contributed by atoms with van der Waals surface area (Å²) in [6.07, 6.45) is 3.85. The molecule has 2 aromatic rings. The Kier molecular flexibility index (Phi) is 6.46. The highest BCUT2D eigenvalue weighted by atomic mass is 19.4. The topological polar surface area (TPSA) is 39.7 Å². The van der Waals surface area contributed by atoms with E-state index in [-0.39, 0.29) is 11.4 Å². The van der Waals surface area contributed by atoms with E-state index in [0.717, 1.165) is 31.6 Å². The summed E-state index contributed by atoms with van der Waals surface area (Å²) in [6.45, 7) is 4.24. The predicted molar refractivity (Wildman–Crippen MR) is 115 cm³/mol. The van der Waals surface area contributed by atoms with E-state index in [1.807, 2.05) is 0 Å². The first-order valence-corrected chi connectivity index (χ1v) is 10.8. The number of rotatable bonds is 4. The number of pyridine rings is 1. The maximum Gasteiger partial charge on any atom is 0.472 e. The van der Waals surface area contributed by atoms with Crippen LogP contribution in [0, 0.1) is 0 Å². The van der Waals surface area contributed by atoms with Crippen molar-refractivity contribution < 1.29 is 18.0 Å². The predicted octanol–water partition coefficient (Wildman–Crippen LogP) is 4.76. The average Bonchev–Trinajstić information content (AvgIpc) is 2.80. The number of carbonyl (C=O) groups excluding carboxylic acids is 1. The lowest BCUT2D eigenvalue weighted by atomic mass is 9.99. The van der Waals surface area contributed by atoms with Crippen molar-refractivity contribution in [1.29, 1.82) is 0 Å². The fourth-order valence-electron chi connectivity index (χ4n) is 4.59. The first-order chi connectivity index (χ1) is 14.9. The number of aromatic nitrogens is 1. The van der Waals surface area contributed by atoms with Crippen LogP contribution in [0.2, 0.25) is 0 Å². The van der Waals surface area contributed by atoms with Crippen molar-refractivity contribution in [2.24, 2.45) is 0 Å². The molecule has 0 radical (unpaired) electrons. The Hall–Kier alpha value is -2.61. The summed E-state index contributed by atoms with van der Waals surface area (Å²) in [5, 5.41) is 0. The zero-order valence-electron chi connectivity index (χ0n) is 17.4. The third-order valence-corrected chi connectivity index (χ3v) is 6.21. The minimum Gasteiger partial charge on any atom is -0.371 e. The number of nitrogens with zero attached hydrogens (tertiary/aromatic N) is 4. The molecule has 0 saturated carbocycles. The van der Waals surface area contributed by atoms with Crippen LogP contribution in [-0.4, -0.2) is 54.2 Å². The van der Waals surface area contributed by atoms with E-state index < -0.39 is 12.1 Å². The van der Waals surface area contributed by atoms with E-state index in [0.29, 0.717) is 10.9 Å². The van der Waals surface area contributed by atoms with Crippen LogP contribution in [0.25, 0.3) is 0 Å². The number of likely N-dealkylation sites (tertiary alicyclic amines) is 1. The van der Waals surface area contributed by atoms with Crippen molar-refractivity contribution in [1.82, 2.24) is 9.88 Å². The van der Waals surface area contributed by atoms with Gasteiger partial charge in [0.2, 0.25) is 0 Å². The second-order valence-electron chi connectivity index (χ2n) is 8.17. The molecule has 31 heavy (non-hydrogen) atoms. The zero-order valence-corrected chi connectivity index (χ0v) is 17.4. The zero-order chi connectivity index (χ0) is 21.8. The minimum absolute atomic E-state index is 0.132. The Balaban J connectivity index is 1.47. The van der Waals surface area contributed by atoms with Crippen LogP contribution in [0.5, 0.6) is 0 Å². The molecule has 8 heteroatoms. The molecule has 3 heterocycles. The van der Waals surface area contributed by atoms with Crippen LogP contribution in [-0.2, 0) is 4.79 Å². The van der Waals surface area contributed by atoms with Crippen molar-refractivity contribution >= 4 is 23.0 Å². The van der Waals surface area contributed by atoms with Crippen molar-refractivity contribution in [3.05, 3.63) is 48.8 Å². The normalized spacial score (nSPS) is 18.7. The summed E-state index contributed by atoms with van der Waals surface area (Å²) >= 11 is 0. The molecular weight excluding hydrogens is 405 g/mol. The quantitative estimate of drug-likeness (QED) is 0.698. The first kappa shape index (κ1) is 21.6. The highest BCUT2D eigenvalue weighted by Gasteiger charge is 2.43. The van der Waals surface area contributed by atoms with E-state index >= 15 is 0 Å². The second kappa shape index (κ2) is 9.26. The summed E-state index contributed by atoms with van der Waals surface area (Å²) in [6, 6.07) is 10.2. The van der Waals surface area contributed by atoms with Gasteiger partial charge < -0.3 is 9.80 Å². The first-order valence-electron chi connectivity index (χ1n) is 10.8. The maximum atomic E-state index is 13.2. The molecule has 2 fully saturated rings. The smallest absolute Gasteiger partial charge is 0.371 e. The summed E-state index contributed by atoms with van der Waals surface area (Å²) in [5.74, 6) is -1.92. The van der Waals surface area contributed by atoms with Gasteiger partial charge in [-0.25, -0.2) is 0 Å². The van der Waals surface area contributed by atoms with Crippen molar-refractivity contribution in [3.8, 4) is 0 Å². The standard InChI is InChI=1S/C23H27F3N4O/c24-23(25,26)22(31)30(21-8-12-27-13-9-21)20-6-4-18(5-7-20)29-16-10-19(11-17-29)28-14-2-1-3-15-28/h4-9,12-13,19H,1-3,10-11,14-17H2. The van der Waals surface area contributed by atoms with Crippen LogP contribution in [0.1, 0.15) is 32.1 Å². The summed E-state index contributed by atoms with van der Waals surface area (Å²) < 4.78 is 39.6. The molecule has 1 aromatic heterocycles. The Morgan fingerprint density at radius 2 is 1.45 bits per heavy atom. The van der Waals surface area contributed by atoms with Gasteiger partial charge >= 0.3 is 12.1 Å². The molecule has 0 aliphatic carbocycles. The minimum atomic E-state index is -4.97. The molecule has 4 rings (SSSR count). The van der Waals surface area contributed by atoms with Crippen LogP contribution < -0.4 is 9.80 Å². The van der Waals surface area contributed by atoms with Gasteiger partial charge in [-0.05, 0) is 75.2 Å². The molecule has 5 nitrogen and oxygen atoms in total. The molecule has 2 aliphatic heterocycles. The monoisotopic (exact) mass is 432 g/mol. The molecule has 0 spiro atoms. The van der Waals surface area contributed by atoms with Gasteiger partial charge in [0, 0.05) is 42.9 Å². The SMILES string of the molecule is O=C(N(c1ccncc1)c1ccc(N2CCC(N3CCCCC3)CC2)cc1)C(F)(F)F. The Bertz CT molecular complexity index is 859. The Morgan fingerprint density at radius 3 is 2.03 bits per heavy atom. The van der Waals surface area contributed by atoms with E-state index in [9.17, 15) is 18.0 Å². The van der Waals surface area contributed by atoms with Gasteiger partial charge in [0.15, 0.2) is 0 Å². The third kappa shape index (κ3) is 5.01. The van der Waals surface area contributed by atoms with E-state index in [2.05, 4.69) is 14.8 Å². The number of hydrogen-bond donors (Lipinski definition) is 0. The highest BCUT2D eigenvalue weighted by molar-refractivity contribution is 6.03. The van der Waals surface area contributed by atoms with Crippen LogP contribution >= 0.6 is 0 Å². The van der Waals surface area contributed by atoms with Crippen molar-refractivity contribution in [2.45, 2.75) is 44.3 Å². The van der Waals surface area contributed by atoms with Gasteiger partial charge in [-0.15, -0.1) is 0 Å². The average molecular weight is 432 g/mol. The van der Waals surface area contributed by atoms with Gasteiger partial charge in [-0.2, -0.15) is 13.2 Å². The molecule has 0 unspecified atom stereocenters. The van der Waals surface area contributed by atoms with Gasteiger partial charge in [-0.1, -0.05) is 6.42 Å². The lowest BCUT2D eigenvalue weighted by Gasteiger charge is -2.41. The number of piperidine rings is 2. The molecule has 1 amide bonds. The van der Waals surface area contributed by atoms with Crippen LogP contribution in [0.15, 0.2) is 48.8 Å². The second-order valence-corrected chi connectivity index (χ2v) is 8.17. The molecule has 0 N–H and O–H groups in total. The Morgan fingerprint density at radius 1 is 0.871 bits per heavy atom. The van der Waals surface area contributed by atoms with Crippen molar-refractivity contribution in [3.63, 3.8) is 0 Å². The molecule has 1 aromatic carbocycles. The van der Waals surface area contributed by atoms with Crippen LogP contribution in [0.4, 0.5) is 30.2 Å².